The van der Waals surface area contributed by atoms with Crippen LogP contribution >= 0.6 is 11.8 Å². The van der Waals surface area contributed by atoms with Gasteiger partial charge in [-0.25, -0.2) is 0 Å². The van der Waals surface area contributed by atoms with Crippen molar-refractivity contribution in [3.63, 3.8) is 0 Å². The van der Waals surface area contributed by atoms with Gasteiger partial charge in [0.2, 0.25) is 0 Å². The number of nitrogens with zero attached hydrogens (tertiary/aromatic N) is 2. The maximum atomic E-state index is 12.0. The molecule has 1 fully saturated rings. The molecule has 0 unspecified atom stereocenters. The number of amides is 1. The first-order valence-corrected chi connectivity index (χ1v) is 7.98. The van der Waals surface area contributed by atoms with Gasteiger partial charge >= 0.3 is 0 Å². The van der Waals surface area contributed by atoms with Crippen LogP contribution in [0.1, 0.15) is 11.3 Å². The molecule has 1 aliphatic rings. The van der Waals surface area contributed by atoms with E-state index >= 15 is 0 Å². The minimum Gasteiger partial charge on any atom is -0.467 e. The Balaban J connectivity index is 1.70. The number of aliphatic imine (C=N–C) groups is 1. The molecule has 2 aromatic rings. The molecule has 6 heteroatoms. The largest absolute Gasteiger partial charge is 0.467 e. The van der Waals surface area contributed by atoms with Crippen LogP contribution in [0.3, 0.4) is 0 Å². The smallest absolute Gasteiger partial charge is 0.264 e. The summed E-state index contributed by atoms with van der Waals surface area (Å²) in [7, 11) is 3.99. The molecular weight excluding hydrogens is 310 g/mol. The zero-order valence-electron chi connectivity index (χ0n) is 12.9. The van der Waals surface area contributed by atoms with Crippen molar-refractivity contribution >= 4 is 34.6 Å². The number of amidine groups is 1. The number of rotatable bonds is 4. The van der Waals surface area contributed by atoms with Gasteiger partial charge in [0.15, 0.2) is 5.17 Å². The number of carbonyl (C=O) groups excluding carboxylic acids is 1. The van der Waals surface area contributed by atoms with Gasteiger partial charge in [-0.05, 0) is 47.7 Å². The second-order valence-electron chi connectivity index (χ2n) is 5.25. The summed E-state index contributed by atoms with van der Waals surface area (Å²) in [5, 5.41) is 3.37. The molecule has 23 heavy (non-hydrogen) atoms. The lowest BCUT2D eigenvalue weighted by Gasteiger charge is -2.11. The molecule has 0 radical (unpaired) electrons. The fourth-order valence-electron chi connectivity index (χ4n) is 2.07. The highest BCUT2D eigenvalue weighted by molar-refractivity contribution is 8.18. The SMILES string of the molecule is CN(C)c1ccc(/C=C2\SC(=NCc3ccco3)NC2=O)cc1. The van der Waals surface area contributed by atoms with Gasteiger partial charge in [0.25, 0.3) is 5.91 Å². The molecule has 0 spiro atoms. The zero-order valence-corrected chi connectivity index (χ0v) is 13.8. The van der Waals surface area contributed by atoms with Crippen LogP contribution in [-0.4, -0.2) is 25.2 Å². The summed E-state index contributed by atoms with van der Waals surface area (Å²) in [5.74, 6) is 0.647. The summed E-state index contributed by atoms with van der Waals surface area (Å²) < 4.78 is 5.23. The number of hydrogen-bond acceptors (Lipinski definition) is 5. The Labute approximate surface area is 139 Å². The normalized spacial score (nSPS) is 17.7. The lowest BCUT2D eigenvalue weighted by Crippen LogP contribution is -2.19. The summed E-state index contributed by atoms with van der Waals surface area (Å²) in [6.45, 7) is 0.417. The van der Waals surface area contributed by atoms with Crippen molar-refractivity contribution in [3.8, 4) is 0 Å². The summed E-state index contributed by atoms with van der Waals surface area (Å²) >= 11 is 1.34. The van der Waals surface area contributed by atoms with Gasteiger partial charge in [0.05, 0.1) is 17.7 Å². The first-order chi connectivity index (χ1) is 11.1. The molecule has 0 saturated carbocycles. The van der Waals surface area contributed by atoms with Crippen LogP contribution in [-0.2, 0) is 11.3 Å². The van der Waals surface area contributed by atoms with E-state index < -0.39 is 0 Å². The Hall–Kier alpha value is -2.47. The summed E-state index contributed by atoms with van der Waals surface area (Å²) in [5.41, 5.74) is 2.11. The maximum Gasteiger partial charge on any atom is 0.264 e. The average Bonchev–Trinajstić information content (AvgIpc) is 3.16. The van der Waals surface area contributed by atoms with Crippen LogP contribution in [0.2, 0.25) is 0 Å². The Morgan fingerprint density at radius 3 is 2.70 bits per heavy atom. The number of nitrogens with one attached hydrogen (secondary N) is 1. The van der Waals surface area contributed by atoms with E-state index in [1.165, 1.54) is 11.8 Å². The molecular formula is C17H17N3O2S. The van der Waals surface area contributed by atoms with Crippen molar-refractivity contribution in [2.45, 2.75) is 6.54 Å². The van der Waals surface area contributed by atoms with Crippen LogP contribution < -0.4 is 10.2 Å². The molecule has 5 nitrogen and oxygen atoms in total. The van der Waals surface area contributed by atoms with Crippen LogP contribution in [0.5, 0.6) is 0 Å². The number of benzene rings is 1. The molecule has 0 atom stereocenters. The summed E-state index contributed by atoms with van der Waals surface area (Å²) in [6, 6.07) is 11.7. The van der Waals surface area contributed by atoms with Gasteiger partial charge in [0, 0.05) is 19.8 Å². The van der Waals surface area contributed by atoms with Crippen molar-refractivity contribution in [2.75, 3.05) is 19.0 Å². The summed E-state index contributed by atoms with van der Waals surface area (Å²) in [4.78, 5) is 19.0. The van der Waals surface area contributed by atoms with Crippen molar-refractivity contribution < 1.29 is 9.21 Å². The van der Waals surface area contributed by atoms with Crippen molar-refractivity contribution in [3.05, 3.63) is 58.9 Å². The molecule has 1 aromatic heterocycles. The molecule has 1 amide bonds. The fraction of sp³-hybridized carbons (Fsp3) is 0.176. The zero-order chi connectivity index (χ0) is 16.2. The Morgan fingerprint density at radius 1 is 1.26 bits per heavy atom. The molecule has 1 N–H and O–H groups in total. The number of hydrogen-bond donors (Lipinski definition) is 1. The minimum absolute atomic E-state index is 0.120. The van der Waals surface area contributed by atoms with E-state index in [-0.39, 0.29) is 5.91 Å². The van der Waals surface area contributed by atoms with Gasteiger partial charge in [-0.2, -0.15) is 0 Å². The highest BCUT2D eigenvalue weighted by Gasteiger charge is 2.23. The van der Waals surface area contributed by atoms with Crippen LogP contribution in [0.25, 0.3) is 6.08 Å². The van der Waals surface area contributed by atoms with E-state index in [2.05, 4.69) is 10.3 Å². The Bertz CT molecular complexity index is 747. The Morgan fingerprint density at radius 2 is 2.04 bits per heavy atom. The first-order valence-electron chi connectivity index (χ1n) is 7.17. The molecule has 118 valence electrons. The van der Waals surface area contributed by atoms with Gasteiger partial charge in [-0.3, -0.25) is 9.79 Å². The van der Waals surface area contributed by atoms with E-state index in [0.29, 0.717) is 16.6 Å². The third-order valence-corrected chi connectivity index (χ3v) is 4.26. The third-order valence-electron chi connectivity index (χ3n) is 3.32. The van der Waals surface area contributed by atoms with E-state index in [0.717, 1.165) is 17.0 Å². The van der Waals surface area contributed by atoms with Crippen molar-refractivity contribution in [1.29, 1.82) is 0 Å². The Kier molecular flexibility index (Phi) is 4.52. The van der Waals surface area contributed by atoms with Gasteiger partial charge in [-0.1, -0.05) is 12.1 Å². The molecule has 0 bridgehead atoms. The average molecular weight is 327 g/mol. The third kappa shape index (κ3) is 3.84. The highest BCUT2D eigenvalue weighted by Crippen LogP contribution is 2.26. The monoisotopic (exact) mass is 327 g/mol. The van der Waals surface area contributed by atoms with E-state index in [9.17, 15) is 4.79 Å². The lowest BCUT2D eigenvalue weighted by atomic mass is 10.2. The van der Waals surface area contributed by atoms with E-state index in [1.807, 2.05) is 61.5 Å². The predicted octanol–water partition coefficient (Wildman–Crippen LogP) is 3.11. The number of carbonyl (C=O) groups is 1. The molecule has 1 saturated heterocycles. The molecule has 3 rings (SSSR count). The second kappa shape index (κ2) is 6.75. The first kappa shape index (κ1) is 15.4. The van der Waals surface area contributed by atoms with E-state index in [1.54, 1.807) is 6.26 Å². The highest BCUT2D eigenvalue weighted by atomic mass is 32.2. The van der Waals surface area contributed by atoms with Gasteiger partial charge in [-0.15, -0.1) is 0 Å². The second-order valence-corrected chi connectivity index (χ2v) is 6.28. The van der Waals surface area contributed by atoms with Crippen molar-refractivity contribution in [1.82, 2.24) is 5.32 Å². The number of furan rings is 1. The molecule has 0 aliphatic carbocycles. The van der Waals surface area contributed by atoms with Crippen LogP contribution in [0.4, 0.5) is 5.69 Å². The standard InChI is InChI=1S/C17H17N3O2S/c1-20(2)13-7-5-12(6-8-13)10-15-16(21)19-17(23-15)18-11-14-4-3-9-22-14/h3-10H,11H2,1-2H3,(H,18,19,21)/b15-10-. The number of anilines is 1. The van der Waals surface area contributed by atoms with Gasteiger partial charge < -0.3 is 14.6 Å². The number of thioether (sulfide) groups is 1. The van der Waals surface area contributed by atoms with E-state index in [4.69, 9.17) is 4.42 Å². The topological polar surface area (TPSA) is 57.8 Å². The summed E-state index contributed by atoms with van der Waals surface area (Å²) in [6.07, 6.45) is 3.48. The fourth-order valence-corrected chi connectivity index (χ4v) is 2.89. The quantitative estimate of drug-likeness (QED) is 0.877. The van der Waals surface area contributed by atoms with Crippen LogP contribution in [0.15, 0.2) is 57.0 Å². The molecule has 1 aliphatic heterocycles. The van der Waals surface area contributed by atoms with Crippen LogP contribution in [0, 0.1) is 0 Å². The minimum atomic E-state index is -0.120. The maximum absolute atomic E-state index is 12.0. The van der Waals surface area contributed by atoms with Crippen molar-refractivity contribution in [2.24, 2.45) is 4.99 Å². The molecule has 2 heterocycles. The lowest BCUT2D eigenvalue weighted by molar-refractivity contribution is -0.115. The van der Waals surface area contributed by atoms with Gasteiger partial charge in [0.1, 0.15) is 5.76 Å². The molecule has 1 aromatic carbocycles. The predicted molar refractivity (Wildman–Crippen MR) is 94.3 cm³/mol.